The first-order chi connectivity index (χ1) is 6.70. The highest BCUT2D eigenvalue weighted by Gasteiger charge is 2.11. The lowest BCUT2D eigenvalue weighted by atomic mass is 10.1. The summed E-state index contributed by atoms with van der Waals surface area (Å²) in [6.07, 6.45) is -0.430. The Morgan fingerprint density at radius 2 is 1.29 bits per heavy atom. The zero-order valence-electron chi connectivity index (χ0n) is 7.45. The molecule has 0 bridgehead atoms. The minimum atomic E-state index is -1.35. The van der Waals surface area contributed by atoms with Crippen LogP contribution < -0.4 is 0 Å². The summed E-state index contributed by atoms with van der Waals surface area (Å²) in [6, 6.07) is 0. The van der Waals surface area contributed by atoms with Crippen molar-refractivity contribution in [1.29, 1.82) is 0 Å². The van der Waals surface area contributed by atoms with E-state index in [2.05, 4.69) is 9.98 Å². The Morgan fingerprint density at radius 1 is 0.929 bits per heavy atom. The van der Waals surface area contributed by atoms with Crippen molar-refractivity contribution in [2.45, 2.75) is 25.2 Å². The smallest absolute Gasteiger partial charge is 0.235 e. The van der Waals surface area contributed by atoms with E-state index >= 15 is 0 Å². The molecule has 0 aliphatic rings. The van der Waals surface area contributed by atoms with Crippen molar-refractivity contribution in [3.05, 3.63) is 0 Å². The minimum Gasteiger partial charge on any atom is -0.245 e. The van der Waals surface area contributed by atoms with Crippen molar-refractivity contribution in [3.63, 3.8) is 0 Å². The first-order valence-electron chi connectivity index (χ1n) is 4.06. The summed E-state index contributed by atoms with van der Waals surface area (Å²) in [5.41, 5.74) is 0. The van der Waals surface area contributed by atoms with E-state index in [-0.39, 0.29) is 25.9 Å². The fourth-order valence-corrected chi connectivity index (χ4v) is 0.817. The van der Waals surface area contributed by atoms with Crippen molar-refractivity contribution in [3.8, 4) is 0 Å². The number of alkyl halides is 2. The third-order valence-electron chi connectivity index (χ3n) is 1.50. The largest absolute Gasteiger partial charge is 0.245 e. The first-order valence-corrected chi connectivity index (χ1v) is 4.06. The van der Waals surface area contributed by atoms with Gasteiger partial charge in [-0.05, 0) is 12.8 Å². The lowest BCUT2D eigenvalue weighted by Gasteiger charge is -2.05. The van der Waals surface area contributed by atoms with Crippen LogP contribution in [0.5, 0.6) is 0 Å². The summed E-state index contributed by atoms with van der Waals surface area (Å²) < 4.78 is 25.5. The zero-order valence-corrected chi connectivity index (χ0v) is 7.45. The molecule has 0 spiro atoms. The summed E-state index contributed by atoms with van der Waals surface area (Å²) in [6.45, 7) is -0.597. The van der Waals surface area contributed by atoms with Gasteiger partial charge in [-0.1, -0.05) is 0 Å². The summed E-state index contributed by atoms with van der Waals surface area (Å²) >= 11 is 0. The Balaban J connectivity index is 3.59. The quantitative estimate of drug-likeness (QED) is 0.460. The van der Waals surface area contributed by atoms with E-state index in [4.69, 9.17) is 0 Å². The van der Waals surface area contributed by atoms with Gasteiger partial charge in [0.25, 0.3) is 0 Å². The monoisotopic (exact) mass is 204 g/mol. The molecule has 0 aromatic carbocycles. The zero-order chi connectivity index (χ0) is 10.8. The molecule has 2 unspecified atom stereocenters. The van der Waals surface area contributed by atoms with Crippen LogP contribution in [0.25, 0.3) is 0 Å². The van der Waals surface area contributed by atoms with Crippen LogP contribution >= 0.6 is 0 Å². The molecule has 0 aromatic heterocycles. The number of carbonyl (C=O) groups excluding carboxylic acids is 2. The predicted octanol–water partition coefficient (Wildman–Crippen LogP) is 1.11. The SMILES string of the molecule is O=C=NCC(F)CCC(F)CN=C=O. The average Bonchev–Trinajstić information content (AvgIpc) is 2.20. The molecule has 0 amide bonds. The maximum absolute atomic E-state index is 12.7. The molecule has 6 heteroatoms. The van der Waals surface area contributed by atoms with Gasteiger partial charge in [0.15, 0.2) is 0 Å². The molecule has 0 aromatic rings. The van der Waals surface area contributed by atoms with Crippen LogP contribution in [-0.2, 0) is 9.59 Å². The Morgan fingerprint density at radius 3 is 1.57 bits per heavy atom. The summed E-state index contributed by atoms with van der Waals surface area (Å²) in [5, 5.41) is 0. The number of halogens is 2. The van der Waals surface area contributed by atoms with Crippen molar-refractivity contribution in [2.24, 2.45) is 9.98 Å². The molecule has 0 rings (SSSR count). The predicted molar refractivity (Wildman–Crippen MR) is 45.0 cm³/mol. The van der Waals surface area contributed by atoms with Gasteiger partial charge in [0, 0.05) is 0 Å². The van der Waals surface area contributed by atoms with Crippen LogP contribution in [0.4, 0.5) is 8.78 Å². The Hall–Kier alpha value is -1.38. The number of isocyanates is 2. The molecule has 0 aliphatic heterocycles. The van der Waals surface area contributed by atoms with Gasteiger partial charge in [0.1, 0.15) is 12.3 Å². The highest BCUT2D eigenvalue weighted by molar-refractivity contribution is 5.33. The second kappa shape index (κ2) is 8.23. The second-order valence-corrected chi connectivity index (χ2v) is 2.64. The lowest BCUT2D eigenvalue weighted by molar-refractivity contribution is 0.257. The van der Waals surface area contributed by atoms with Crippen LogP contribution in [0, 0.1) is 0 Å². The van der Waals surface area contributed by atoms with Crippen molar-refractivity contribution >= 4 is 12.2 Å². The molecule has 0 saturated carbocycles. The fourth-order valence-electron chi connectivity index (χ4n) is 0.817. The maximum atomic E-state index is 12.7. The molecule has 0 radical (unpaired) electrons. The number of nitrogens with zero attached hydrogens (tertiary/aromatic N) is 2. The topological polar surface area (TPSA) is 58.9 Å². The van der Waals surface area contributed by atoms with Gasteiger partial charge in [-0.25, -0.2) is 28.4 Å². The van der Waals surface area contributed by atoms with Crippen LogP contribution in [0.2, 0.25) is 0 Å². The van der Waals surface area contributed by atoms with Crippen molar-refractivity contribution in [1.82, 2.24) is 0 Å². The summed E-state index contributed by atoms with van der Waals surface area (Å²) in [4.78, 5) is 25.2. The van der Waals surface area contributed by atoms with Gasteiger partial charge in [-0.15, -0.1) is 0 Å². The highest BCUT2D eigenvalue weighted by atomic mass is 19.1. The van der Waals surface area contributed by atoms with E-state index in [1.165, 1.54) is 12.2 Å². The number of rotatable bonds is 7. The van der Waals surface area contributed by atoms with Gasteiger partial charge in [-0.3, -0.25) is 0 Å². The molecule has 0 aliphatic carbocycles. The van der Waals surface area contributed by atoms with E-state index in [1.54, 1.807) is 0 Å². The third-order valence-corrected chi connectivity index (χ3v) is 1.50. The molecule has 14 heavy (non-hydrogen) atoms. The number of hydrogen-bond acceptors (Lipinski definition) is 4. The van der Waals surface area contributed by atoms with Crippen molar-refractivity contribution in [2.75, 3.05) is 13.1 Å². The molecule has 0 saturated heterocycles. The van der Waals surface area contributed by atoms with Gasteiger partial charge in [0.05, 0.1) is 13.1 Å². The van der Waals surface area contributed by atoms with Gasteiger partial charge >= 0.3 is 0 Å². The van der Waals surface area contributed by atoms with E-state index in [9.17, 15) is 18.4 Å². The molecule has 0 heterocycles. The van der Waals surface area contributed by atoms with Crippen LogP contribution in [0.1, 0.15) is 12.8 Å². The van der Waals surface area contributed by atoms with E-state index in [0.717, 1.165) is 0 Å². The van der Waals surface area contributed by atoms with Crippen LogP contribution in [0.3, 0.4) is 0 Å². The second-order valence-electron chi connectivity index (χ2n) is 2.64. The number of aliphatic imine (C=N–C) groups is 2. The Labute approximate surface area is 79.7 Å². The molecule has 0 N–H and O–H groups in total. The van der Waals surface area contributed by atoms with E-state index < -0.39 is 12.3 Å². The molecule has 2 atom stereocenters. The van der Waals surface area contributed by atoms with E-state index in [0.29, 0.717) is 0 Å². The standard InChI is InChI=1S/C8H10F2N2O2/c9-7(3-11-5-13)1-2-8(10)4-12-6-14/h7-8H,1-4H2. The minimum absolute atomic E-state index is 0.0548. The fraction of sp³-hybridized carbons (Fsp3) is 0.750. The van der Waals surface area contributed by atoms with Gasteiger partial charge in [-0.2, -0.15) is 0 Å². The lowest BCUT2D eigenvalue weighted by Crippen LogP contribution is -2.11. The molecule has 78 valence electrons. The van der Waals surface area contributed by atoms with Gasteiger partial charge < -0.3 is 0 Å². The first kappa shape index (κ1) is 12.6. The molecular weight excluding hydrogens is 194 g/mol. The van der Waals surface area contributed by atoms with Crippen LogP contribution in [-0.4, -0.2) is 37.6 Å². The highest BCUT2D eigenvalue weighted by Crippen LogP contribution is 2.08. The van der Waals surface area contributed by atoms with Crippen molar-refractivity contribution < 1.29 is 18.4 Å². The average molecular weight is 204 g/mol. The summed E-state index contributed by atoms with van der Waals surface area (Å²) in [5.74, 6) is 0. The molecular formula is C8H10F2N2O2. The summed E-state index contributed by atoms with van der Waals surface area (Å²) in [7, 11) is 0. The normalized spacial score (nSPS) is 13.6. The van der Waals surface area contributed by atoms with Crippen LogP contribution in [0.15, 0.2) is 9.98 Å². The molecule has 4 nitrogen and oxygen atoms in total. The third kappa shape index (κ3) is 7.28. The molecule has 0 fully saturated rings. The van der Waals surface area contributed by atoms with E-state index in [1.807, 2.05) is 0 Å². The van der Waals surface area contributed by atoms with Gasteiger partial charge in [0.2, 0.25) is 12.2 Å². The Kier molecular flexibility index (Phi) is 7.42. The Bertz CT molecular complexity index is 222. The number of hydrogen-bond donors (Lipinski definition) is 0. The maximum Gasteiger partial charge on any atom is 0.235 e.